The van der Waals surface area contributed by atoms with E-state index in [0.717, 1.165) is 5.56 Å². The third kappa shape index (κ3) is 3.14. The molecule has 2 aromatic carbocycles. The van der Waals surface area contributed by atoms with Crippen LogP contribution in [0.5, 0.6) is 5.75 Å². The van der Waals surface area contributed by atoms with Crippen LogP contribution >= 0.6 is 0 Å². The molecule has 1 aromatic heterocycles. The Bertz CT molecular complexity index is 1160. The average Bonchev–Trinajstić information content (AvgIpc) is 3.29. The zero-order chi connectivity index (χ0) is 21.4. The second-order valence-corrected chi connectivity index (χ2v) is 7.07. The van der Waals surface area contributed by atoms with E-state index in [4.69, 9.17) is 9.26 Å². The zero-order valence-electron chi connectivity index (χ0n) is 16.7. The Morgan fingerprint density at radius 3 is 2.43 bits per heavy atom. The van der Waals surface area contributed by atoms with E-state index in [-0.39, 0.29) is 17.2 Å². The van der Waals surface area contributed by atoms with Gasteiger partial charge < -0.3 is 14.4 Å². The normalized spacial score (nSPS) is 18.1. The summed E-state index contributed by atoms with van der Waals surface area (Å²) in [7, 11) is 1.51. The molecule has 0 spiro atoms. The number of benzene rings is 2. The molecule has 7 nitrogen and oxygen atoms in total. The molecule has 1 amide bonds. The molecule has 0 saturated carbocycles. The van der Waals surface area contributed by atoms with E-state index < -0.39 is 17.7 Å². The summed E-state index contributed by atoms with van der Waals surface area (Å²) >= 11 is 0. The van der Waals surface area contributed by atoms with E-state index in [1.807, 2.05) is 19.1 Å². The number of hydrogen-bond donors (Lipinski definition) is 1. The number of para-hydroxylation sites is 1. The van der Waals surface area contributed by atoms with Crippen LogP contribution in [0, 0.1) is 13.8 Å². The van der Waals surface area contributed by atoms with Gasteiger partial charge in [0, 0.05) is 17.2 Å². The van der Waals surface area contributed by atoms with Crippen molar-refractivity contribution >= 4 is 23.3 Å². The third-order valence-electron chi connectivity index (χ3n) is 5.07. The van der Waals surface area contributed by atoms with Crippen molar-refractivity contribution in [1.82, 2.24) is 5.16 Å². The molecule has 0 radical (unpaired) electrons. The molecule has 1 aliphatic heterocycles. The summed E-state index contributed by atoms with van der Waals surface area (Å²) in [5, 5.41) is 15.0. The van der Waals surface area contributed by atoms with Crippen LogP contribution in [-0.2, 0) is 9.59 Å². The molecule has 1 aliphatic rings. The maximum Gasteiger partial charge on any atom is 0.301 e. The molecule has 7 heteroatoms. The highest BCUT2D eigenvalue weighted by atomic mass is 16.5. The minimum Gasteiger partial charge on any atom is -0.507 e. The number of hydrogen-bond acceptors (Lipinski definition) is 6. The number of aliphatic hydroxyl groups is 1. The summed E-state index contributed by atoms with van der Waals surface area (Å²) in [5.74, 6) is -0.702. The van der Waals surface area contributed by atoms with Crippen molar-refractivity contribution in [2.45, 2.75) is 19.9 Å². The van der Waals surface area contributed by atoms with Crippen molar-refractivity contribution in [3.63, 3.8) is 0 Å². The van der Waals surface area contributed by atoms with Crippen LogP contribution in [0.15, 0.2) is 64.7 Å². The molecular formula is C23H20N2O5. The van der Waals surface area contributed by atoms with Gasteiger partial charge in [0.1, 0.15) is 23.3 Å². The molecule has 3 aromatic rings. The zero-order valence-corrected chi connectivity index (χ0v) is 16.7. The van der Waals surface area contributed by atoms with Gasteiger partial charge in [-0.2, -0.15) is 0 Å². The van der Waals surface area contributed by atoms with Gasteiger partial charge in [0.05, 0.1) is 12.7 Å². The van der Waals surface area contributed by atoms with Crippen LogP contribution in [0.2, 0.25) is 0 Å². The number of Topliss-reactive ketones (excluding diaryl/α,β-unsaturated/α-hetero) is 1. The summed E-state index contributed by atoms with van der Waals surface area (Å²) in [6.45, 7) is 3.61. The van der Waals surface area contributed by atoms with Gasteiger partial charge in [0.15, 0.2) is 5.82 Å². The highest BCUT2D eigenvalue weighted by Crippen LogP contribution is 2.44. The number of aryl methyl sites for hydroxylation is 2. The van der Waals surface area contributed by atoms with E-state index in [9.17, 15) is 14.7 Å². The number of anilines is 1. The fourth-order valence-electron chi connectivity index (χ4n) is 3.59. The van der Waals surface area contributed by atoms with Crippen LogP contribution in [-0.4, -0.2) is 29.1 Å². The molecule has 1 unspecified atom stereocenters. The second kappa shape index (κ2) is 7.51. The summed E-state index contributed by atoms with van der Waals surface area (Å²) in [6, 6.07) is 14.7. The molecule has 4 rings (SSSR count). The first-order chi connectivity index (χ1) is 14.4. The molecule has 1 atom stereocenters. The van der Waals surface area contributed by atoms with Gasteiger partial charge in [0.25, 0.3) is 5.78 Å². The molecular weight excluding hydrogens is 384 g/mol. The number of carbonyl (C=O) groups excluding carboxylic acids is 2. The Hall–Kier alpha value is -3.87. The smallest absolute Gasteiger partial charge is 0.301 e. The van der Waals surface area contributed by atoms with Gasteiger partial charge in [-0.15, -0.1) is 0 Å². The van der Waals surface area contributed by atoms with Gasteiger partial charge in [-0.3, -0.25) is 14.5 Å². The lowest BCUT2D eigenvalue weighted by atomic mass is 9.94. The first kappa shape index (κ1) is 19.4. The van der Waals surface area contributed by atoms with Crippen LogP contribution in [0.4, 0.5) is 5.82 Å². The summed E-state index contributed by atoms with van der Waals surface area (Å²) < 4.78 is 10.6. The number of aromatic nitrogens is 1. The number of ether oxygens (including phenoxy) is 1. The molecule has 1 saturated heterocycles. The van der Waals surface area contributed by atoms with Gasteiger partial charge in [0.2, 0.25) is 0 Å². The van der Waals surface area contributed by atoms with Crippen LogP contribution < -0.4 is 9.64 Å². The standard InChI is InChI=1S/C23H20N2O5/c1-13-8-10-15(11-9-13)21(26)19-20(16-6-4-5-7-17(16)29-3)25(23(28)22(19)27)18-12-14(2)30-24-18/h4-12,20,26H,1-3H3/b21-19+. The number of nitrogens with zero attached hydrogens (tertiary/aromatic N) is 2. The first-order valence-electron chi connectivity index (χ1n) is 9.36. The van der Waals surface area contributed by atoms with Crippen LogP contribution in [0.3, 0.4) is 0 Å². The van der Waals surface area contributed by atoms with E-state index in [2.05, 4.69) is 5.16 Å². The Morgan fingerprint density at radius 1 is 1.10 bits per heavy atom. The number of amides is 1. The van der Waals surface area contributed by atoms with Crippen LogP contribution in [0.25, 0.3) is 5.76 Å². The van der Waals surface area contributed by atoms with Crippen molar-refractivity contribution in [3.05, 3.63) is 82.6 Å². The van der Waals surface area contributed by atoms with Gasteiger partial charge >= 0.3 is 5.91 Å². The largest absolute Gasteiger partial charge is 0.507 e. The Balaban J connectivity index is 1.98. The maximum absolute atomic E-state index is 13.1. The van der Waals surface area contributed by atoms with Crippen molar-refractivity contribution in [1.29, 1.82) is 0 Å². The predicted molar refractivity (Wildman–Crippen MR) is 110 cm³/mol. The SMILES string of the molecule is COc1ccccc1C1/C(=C(\O)c2ccc(C)cc2)C(=O)C(=O)N1c1cc(C)on1. The number of rotatable bonds is 4. The molecule has 0 bridgehead atoms. The molecule has 1 N–H and O–H groups in total. The van der Waals surface area contributed by atoms with Gasteiger partial charge in [-0.1, -0.05) is 53.2 Å². The number of methoxy groups -OCH3 is 1. The highest BCUT2D eigenvalue weighted by molar-refractivity contribution is 6.51. The molecule has 0 aliphatic carbocycles. The minimum atomic E-state index is -0.924. The Labute approximate surface area is 173 Å². The lowest BCUT2D eigenvalue weighted by Crippen LogP contribution is -2.29. The second-order valence-electron chi connectivity index (χ2n) is 7.07. The monoisotopic (exact) mass is 404 g/mol. The van der Waals surface area contributed by atoms with Crippen LogP contribution in [0.1, 0.15) is 28.5 Å². The topological polar surface area (TPSA) is 92.9 Å². The molecule has 152 valence electrons. The number of aliphatic hydroxyl groups excluding tert-OH is 1. The lowest BCUT2D eigenvalue weighted by molar-refractivity contribution is -0.132. The van der Waals surface area contributed by atoms with E-state index in [1.54, 1.807) is 49.4 Å². The Kier molecular flexibility index (Phi) is 4.87. The fraction of sp³-hybridized carbons (Fsp3) is 0.174. The highest BCUT2D eigenvalue weighted by Gasteiger charge is 2.49. The fourth-order valence-corrected chi connectivity index (χ4v) is 3.59. The quantitative estimate of drug-likeness (QED) is 0.402. The van der Waals surface area contributed by atoms with E-state index in [1.165, 1.54) is 12.0 Å². The minimum absolute atomic E-state index is 0.0333. The third-order valence-corrected chi connectivity index (χ3v) is 5.07. The number of ketones is 1. The summed E-state index contributed by atoms with van der Waals surface area (Å²) in [4.78, 5) is 27.3. The van der Waals surface area contributed by atoms with Crippen molar-refractivity contribution in [3.8, 4) is 5.75 Å². The molecule has 2 heterocycles. The summed E-state index contributed by atoms with van der Waals surface area (Å²) in [5.41, 5.74) is 1.96. The predicted octanol–water partition coefficient (Wildman–Crippen LogP) is 3.93. The van der Waals surface area contributed by atoms with Crippen molar-refractivity contribution in [2.75, 3.05) is 12.0 Å². The van der Waals surface area contributed by atoms with E-state index >= 15 is 0 Å². The van der Waals surface area contributed by atoms with Crippen molar-refractivity contribution in [2.24, 2.45) is 0 Å². The van der Waals surface area contributed by atoms with Gasteiger partial charge in [-0.05, 0) is 19.9 Å². The summed E-state index contributed by atoms with van der Waals surface area (Å²) in [6.07, 6.45) is 0. The lowest BCUT2D eigenvalue weighted by Gasteiger charge is -2.24. The first-order valence-corrected chi connectivity index (χ1v) is 9.36. The van der Waals surface area contributed by atoms with Gasteiger partial charge in [-0.25, -0.2) is 0 Å². The maximum atomic E-state index is 13.1. The Morgan fingerprint density at radius 2 is 1.80 bits per heavy atom. The van der Waals surface area contributed by atoms with Crippen molar-refractivity contribution < 1.29 is 24.0 Å². The molecule has 1 fully saturated rings. The average molecular weight is 404 g/mol. The van der Waals surface area contributed by atoms with E-state index in [0.29, 0.717) is 22.6 Å². The molecule has 30 heavy (non-hydrogen) atoms. The number of carbonyl (C=O) groups is 2.